The van der Waals surface area contributed by atoms with Crippen molar-refractivity contribution in [3.05, 3.63) is 95.1 Å². The SMILES string of the molecule is Cc1cc(NC(=O)c2cncc(C#Cc3cnn4ccccc34)c2)ccc1CN1CCN(C)CC1. The summed E-state index contributed by atoms with van der Waals surface area (Å²) < 4.78 is 1.78. The van der Waals surface area contributed by atoms with E-state index in [0.717, 1.165) is 49.5 Å². The van der Waals surface area contributed by atoms with Crippen LogP contribution in [0.5, 0.6) is 0 Å². The molecule has 5 rings (SSSR count). The molecule has 1 aliphatic heterocycles. The molecule has 1 aromatic carbocycles. The number of benzene rings is 1. The van der Waals surface area contributed by atoms with E-state index in [1.807, 2.05) is 36.5 Å². The Morgan fingerprint density at radius 1 is 1.03 bits per heavy atom. The molecule has 0 unspecified atom stereocenters. The lowest BCUT2D eigenvalue weighted by Gasteiger charge is -2.32. The number of carbonyl (C=O) groups is 1. The number of nitrogens with one attached hydrogen (secondary N) is 1. The molecule has 176 valence electrons. The van der Waals surface area contributed by atoms with Gasteiger partial charge in [0.1, 0.15) is 0 Å². The van der Waals surface area contributed by atoms with Crippen molar-refractivity contribution < 1.29 is 4.79 Å². The molecule has 1 N–H and O–H groups in total. The fraction of sp³-hybridized carbons (Fsp3) is 0.250. The summed E-state index contributed by atoms with van der Waals surface area (Å²) in [7, 11) is 2.17. The van der Waals surface area contributed by atoms with E-state index in [1.165, 1.54) is 11.1 Å². The summed E-state index contributed by atoms with van der Waals surface area (Å²) in [5.74, 6) is 6.04. The Labute approximate surface area is 205 Å². The van der Waals surface area contributed by atoms with Crippen molar-refractivity contribution in [3.63, 3.8) is 0 Å². The molecular weight excluding hydrogens is 436 g/mol. The minimum atomic E-state index is -0.205. The van der Waals surface area contributed by atoms with Crippen LogP contribution < -0.4 is 5.32 Å². The van der Waals surface area contributed by atoms with E-state index in [-0.39, 0.29) is 5.91 Å². The molecule has 7 heteroatoms. The van der Waals surface area contributed by atoms with Gasteiger partial charge in [-0.2, -0.15) is 5.10 Å². The van der Waals surface area contributed by atoms with Crippen molar-refractivity contribution in [2.75, 3.05) is 38.5 Å². The third-order valence-corrected chi connectivity index (χ3v) is 6.36. The molecule has 4 heterocycles. The number of amides is 1. The molecule has 0 atom stereocenters. The van der Waals surface area contributed by atoms with E-state index in [9.17, 15) is 4.79 Å². The normalized spacial score (nSPS) is 14.5. The molecule has 1 amide bonds. The molecule has 0 bridgehead atoms. The van der Waals surface area contributed by atoms with Gasteiger partial charge in [0, 0.05) is 62.6 Å². The number of hydrogen-bond donors (Lipinski definition) is 1. The summed E-state index contributed by atoms with van der Waals surface area (Å²) >= 11 is 0. The Morgan fingerprint density at radius 3 is 2.71 bits per heavy atom. The van der Waals surface area contributed by atoms with Gasteiger partial charge >= 0.3 is 0 Å². The fourth-order valence-electron chi connectivity index (χ4n) is 4.20. The van der Waals surface area contributed by atoms with Crippen molar-refractivity contribution >= 4 is 17.1 Å². The number of nitrogens with zero attached hydrogens (tertiary/aromatic N) is 5. The lowest BCUT2D eigenvalue weighted by atomic mass is 10.1. The van der Waals surface area contributed by atoms with Gasteiger partial charge in [-0.3, -0.25) is 14.7 Å². The molecule has 0 radical (unpaired) electrons. The van der Waals surface area contributed by atoms with Crippen molar-refractivity contribution in [3.8, 4) is 11.8 Å². The third-order valence-electron chi connectivity index (χ3n) is 6.36. The molecular formula is C28H28N6O. The van der Waals surface area contributed by atoms with E-state index in [2.05, 4.69) is 57.1 Å². The maximum atomic E-state index is 12.9. The first-order valence-corrected chi connectivity index (χ1v) is 11.8. The number of likely N-dealkylation sites (N-methyl/N-ethyl adjacent to an activating group) is 1. The molecule has 4 aromatic rings. The maximum Gasteiger partial charge on any atom is 0.257 e. The van der Waals surface area contributed by atoms with Gasteiger partial charge in [0.05, 0.1) is 22.8 Å². The summed E-state index contributed by atoms with van der Waals surface area (Å²) in [6.07, 6.45) is 6.84. The lowest BCUT2D eigenvalue weighted by Crippen LogP contribution is -2.43. The summed E-state index contributed by atoms with van der Waals surface area (Å²) in [5, 5.41) is 7.30. The number of hydrogen-bond acceptors (Lipinski definition) is 5. The highest BCUT2D eigenvalue weighted by atomic mass is 16.1. The zero-order chi connectivity index (χ0) is 24.2. The molecule has 0 saturated carbocycles. The Kier molecular flexibility index (Phi) is 6.57. The molecule has 1 aliphatic rings. The summed E-state index contributed by atoms with van der Waals surface area (Å²) in [6.45, 7) is 7.40. The van der Waals surface area contributed by atoms with Crippen LogP contribution in [0.3, 0.4) is 0 Å². The highest BCUT2D eigenvalue weighted by molar-refractivity contribution is 6.04. The van der Waals surface area contributed by atoms with Gasteiger partial charge in [0.2, 0.25) is 0 Å². The van der Waals surface area contributed by atoms with Crippen molar-refractivity contribution in [2.24, 2.45) is 0 Å². The first kappa shape index (κ1) is 22.8. The van der Waals surface area contributed by atoms with Crippen LogP contribution in [0.25, 0.3) is 5.52 Å². The van der Waals surface area contributed by atoms with Crippen LogP contribution in [0, 0.1) is 18.8 Å². The molecule has 0 aliphatic carbocycles. The van der Waals surface area contributed by atoms with Crippen LogP contribution in [-0.4, -0.2) is 63.5 Å². The van der Waals surface area contributed by atoms with Crippen LogP contribution >= 0.6 is 0 Å². The molecule has 0 spiro atoms. The van der Waals surface area contributed by atoms with Crippen LogP contribution in [0.2, 0.25) is 0 Å². The topological polar surface area (TPSA) is 65.8 Å². The highest BCUT2D eigenvalue weighted by Gasteiger charge is 2.15. The van der Waals surface area contributed by atoms with Crippen LogP contribution in [0.4, 0.5) is 5.69 Å². The second-order valence-corrected chi connectivity index (χ2v) is 8.98. The predicted octanol–water partition coefficient (Wildman–Crippen LogP) is 3.44. The van der Waals surface area contributed by atoms with E-state index >= 15 is 0 Å². The van der Waals surface area contributed by atoms with Gasteiger partial charge in [-0.05, 0) is 55.4 Å². The monoisotopic (exact) mass is 464 g/mol. The Balaban J connectivity index is 1.26. The maximum absolute atomic E-state index is 12.9. The molecule has 1 fully saturated rings. The summed E-state index contributed by atoms with van der Waals surface area (Å²) in [4.78, 5) is 21.9. The van der Waals surface area contributed by atoms with Gasteiger partial charge in [-0.25, -0.2) is 4.52 Å². The highest BCUT2D eigenvalue weighted by Crippen LogP contribution is 2.19. The predicted molar refractivity (Wildman–Crippen MR) is 137 cm³/mol. The van der Waals surface area contributed by atoms with Crippen LogP contribution in [0.15, 0.2) is 67.3 Å². The summed E-state index contributed by atoms with van der Waals surface area (Å²) in [6, 6.07) is 13.7. The quantitative estimate of drug-likeness (QED) is 0.469. The molecule has 35 heavy (non-hydrogen) atoms. The first-order valence-electron chi connectivity index (χ1n) is 11.8. The second-order valence-electron chi connectivity index (χ2n) is 8.98. The van der Waals surface area contributed by atoms with Crippen LogP contribution in [0.1, 0.15) is 32.6 Å². The van der Waals surface area contributed by atoms with Gasteiger partial charge in [-0.1, -0.05) is 24.0 Å². The van der Waals surface area contributed by atoms with Crippen molar-refractivity contribution in [1.82, 2.24) is 24.4 Å². The number of rotatable bonds is 4. The first-order chi connectivity index (χ1) is 17.0. The van der Waals surface area contributed by atoms with Gasteiger partial charge < -0.3 is 10.2 Å². The average molecular weight is 465 g/mol. The van der Waals surface area contributed by atoms with E-state index in [4.69, 9.17) is 0 Å². The number of aryl methyl sites for hydroxylation is 1. The zero-order valence-electron chi connectivity index (χ0n) is 20.0. The smallest absolute Gasteiger partial charge is 0.257 e. The molecule has 1 saturated heterocycles. The Bertz CT molecular complexity index is 1420. The number of aromatic nitrogens is 3. The Morgan fingerprint density at radius 2 is 1.89 bits per heavy atom. The van der Waals surface area contributed by atoms with Crippen molar-refractivity contribution in [1.29, 1.82) is 0 Å². The standard InChI is InChI=1S/C28H28N6O/c1-21-15-26(9-8-24(21)20-33-13-11-32(2)12-14-33)31-28(35)25-16-22(17-29-18-25)6-7-23-19-30-34-10-4-3-5-27(23)34/h3-5,8-10,15-19H,11-14,20H2,1-2H3,(H,31,35). The van der Waals surface area contributed by atoms with E-state index in [0.29, 0.717) is 11.1 Å². The second kappa shape index (κ2) is 10.1. The number of fused-ring (bicyclic) bond motifs is 1. The number of piperazine rings is 1. The Hall–Kier alpha value is -3.99. The minimum absolute atomic E-state index is 0.205. The average Bonchev–Trinajstić information content (AvgIpc) is 3.29. The number of pyridine rings is 2. The lowest BCUT2D eigenvalue weighted by molar-refractivity contribution is 0.102. The fourth-order valence-corrected chi connectivity index (χ4v) is 4.20. The van der Waals surface area contributed by atoms with Gasteiger partial charge in [0.15, 0.2) is 0 Å². The zero-order valence-corrected chi connectivity index (χ0v) is 20.0. The minimum Gasteiger partial charge on any atom is -0.322 e. The van der Waals surface area contributed by atoms with E-state index in [1.54, 1.807) is 29.2 Å². The van der Waals surface area contributed by atoms with E-state index < -0.39 is 0 Å². The van der Waals surface area contributed by atoms with Crippen LogP contribution in [-0.2, 0) is 6.54 Å². The van der Waals surface area contributed by atoms with Gasteiger partial charge in [-0.15, -0.1) is 0 Å². The third kappa shape index (κ3) is 5.40. The largest absolute Gasteiger partial charge is 0.322 e. The number of carbonyl (C=O) groups excluding carboxylic acids is 1. The van der Waals surface area contributed by atoms with Gasteiger partial charge in [0.25, 0.3) is 5.91 Å². The molecule has 3 aromatic heterocycles. The summed E-state index contributed by atoms with van der Waals surface area (Å²) in [5.41, 5.74) is 6.15. The van der Waals surface area contributed by atoms with Crippen molar-refractivity contribution in [2.45, 2.75) is 13.5 Å². The molecule has 7 nitrogen and oxygen atoms in total. The number of anilines is 1.